The van der Waals surface area contributed by atoms with Crippen molar-refractivity contribution < 1.29 is 4.79 Å². The molecule has 3 nitrogen and oxygen atoms in total. The smallest absolute Gasteiger partial charge is 0.188 e. The van der Waals surface area contributed by atoms with Crippen molar-refractivity contribution in [3.63, 3.8) is 0 Å². The molecule has 2 rings (SSSR count). The molecule has 2 aromatic rings. The third-order valence-corrected chi connectivity index (χ3v) is 3.59. The summed E-state index contributed by atoms with van der Waals surface area (Å²) in [4.78, 5) is 16.4. The van der Waals surface area contributed by atoms with Crippen molar-refractivity contribution in [2.45, 2.75) is 20.8 Å². The number of anilines is 2. The summed E-state index contributed by atoms with van der Waals surface area (Å²) in [5.41, 5.74) is 2.99. The molecule has 0 fully saturated rings. The molecule has 1 heterocycles. The fourth-order valence-corrected chi connectivity index (χ4v) is 2.42. The van der Waals surface area contributed by atoms with Gasteiger partial charge in [-0.3, -0.25) is 4.79 Å². The molecule has 0 bridgehead atoms. The van der Waals surface area contributed by atoms with Gasteiger partial charge in [0.25, 0.3) is 0 Å². The Kier molecular flexibility index (Phi) is 5.04. The number of halogens is 1. The first-order valence-corrected chi connectivity index (χ1v) is 6.20. The van der Waals surface area contributed by atoms with Gasteiger partial charge in [0.1, 0.15) is 0 Å². The van der Waals surface area contributed by atoms with Gasteiger partial charge in [0.2, 0.25) is 0 Å². The highest BCUT2D eigenvalue weighted by Gasteiger charge is 2.11. The number of rotatable bonds is 3. The average molecular weight is 327 g/mol. The van der Waals surface area contributed by atoms with Crippen LogP contribution in [0.2, 0.25) is 0 Å². The van der Waals surface area contributed by atoms with Crippen molar-refractivity contribution in [2.24, 2.45) is 0 Å². The first kappa shape index (κ1) is 14.9. The highest BCUT2D eigenvalue weighted by Crippen LogP contribution is 2.26. The number of aromatic nitrogens is 1. The van der Waals surface area contributed by atoms with Crippen molar-refractivity contribution in [1.82, 2.24) is 4.98 Å². The van der Waals surface area contributed by atoms with E-state index >= 15 is 0 Å². The van der Waals surface area contributed by atoms with Gasteiger partial charge in [-0.1, -0.05) is 29.0 Å². The molecule has 5 heteroatoms. The van der Waals surface area contributed by atoms with E-state index in [2.05, 4.69) is 10.3 Å². The summed E-state index contributed by atoms with van der Waals surface area (Å²) >= 11 is 1.39. The fourth-order valence-electron chi connectivity index (χ4n) is 1.54. The maximum Gasteiger partial charge on any atom is 0.188 e. The summed E-state index contributed by atoms with van der Waals surface area (Å²) in [5, 5.41) is 3.96. The van der Waals surface area contributed by atoms with Gasteiger partial charge in [-0.25, -0.2) is 4.98 Å². The molecule has 1 aromatic carbocycles. The number of nitrogens with one attached hydrogen (secondary N) is 1. The Morgan fingerprint density at radius 3 is 2.33 bits per heavy atom. The summed E-state index contributed by atoms with van der Waals surface area (Å²) in [7, 11) is 0. The number of hydrogen-bond acceptors (Lipinski definition) is 4. The molecule has 0 aliphatic heterocycles. The Bertz CT molecular complexity index is 549. The lowest BCUT2D eigenvalue weighted by atomic mass is 10.2. The van der Waals surface area contributed by atoms with E-state index < -0.39 is 0 Å². The largest absolute Gasteiger partial charge is 0.332 e. The molecule has 96 valence electrons. The van der Waals surface area contributed by atoms with Crippen LogP contribution in [0.1, 0.15) is 27.9 Å². The highest BCUT2D eigenvalue weighted by atomic mass is 79.9. The van der Waals surface area contributed by atoms with Crippen LogP contribution in [0, 0.1) is 13.8 Å². The lowest BCUT2D eigenvalue weighted by molar-refractivity contribution is 0.102. The molecule has 0 spiro atoms. The van der Waals surface area contributed by atoms with Crippen LogP contribution >= 0.6 is 28.3 Å². The second-order valence-corrected chi connectivity index (χ2v) is 4.98. The number of benzene rings is 1. The number of Topliss-reactive ketones (excluding diaryl/α,β-unsaturated/α-hetero) is 1. The molecule has 0 aliphatic rings. The van der Waals surface area contributed by atoms with Crippen molar-refractivity contribution in [3.8, 4) is 0 Å². The molecule has 1 aromatic heterocycles. The van der Waals surface area contributed by atoms with Crippen molar-refractivity contribution in [2.75, 3.05) is 5.32 Å². The average Bonchev–Trinajstić information content (AvgIpc) is 2.63. The van der Waals surface area contributed by atoms with Gasteiger partial charge in [0, 0.05) is 12.6 Å². The van der Waals surface area contributed by atoms with Crippen molar-refractivity contribution in [3.05, 3.63) is 40.4 Å². The summed E-state index contributed by atoms with van der Waals surface area (Å²) in [6.07, 6.45) is 0. The van der Waals surface area contributed by atoms with E-state index in [4.69, 9.17) is 0 Å². The fraction of sp³-hybridized carbons (Fsp3) is 0.231. The van der Waals surface area contributed by atoms with Crippen LogP contribution in [-0.4, -0.2) is 10.8 Å². The molecular weight excluding hydrogens is 312 g/mol. The Morgan fingerprint density at radius 2 is 1.83 bits per heavy atom. The number of carbonyl (C=O) groups is 1. The zero-order valence-corrected chi connectivity index (χ0v) is 13.0. The summed E-state index contributed by atoms with van der Waals surface area (Å²) in [6.45, 7) is 5.47. The molecule has 0 saturated heterocycles. The van der Waals surface area contributed by atoms with Gasteiger partial charge >= 0.3 is 0 Å². The molecule has 0 atom stereocenters. The summed E-state index contributed by atoms with van der Waals surface area (Å²) in [5.74, 6) is 0.0666. The van der Waals surface area contributed by atoms with Crippen LogP contribution in [0.4, 0.5) is 10.8 Å². The van der Waals surface area contributed by atoms with Crippen molar-refractivity contribution in [1.29, 1.82) is 0 Å². The minimum absolute atomic E-state index is 0. The van der Waals surface area contributed by atoms with Gasteiger partial charge in [-0.2, -0.15) is 0 Å². The van der Waals surface area contributed by atoms with Crippen LogP contribution in [0.3, 0.4) is 0 Å². The quantitative estimate of drug-likeness (QED) is 0.856. The molecule has 18 heavy (non-hydrogen) atoms. The standard InChI is InChI=1S/C13H14N2OS.BrH/c1-8-4-6-11(7-5-8)15-13-14-9(2)12(17-13)10(3)16;/h4-7H,1-3H3,(H,14,15);1H. The van der Waals surface area contributed by atoms with E-state index in [9.17, 15) is 4.79 Å². The van der Waals surface area contributed by atoms with Gasteiger partial charge in [0.15, 0.2) is 10.9 Å². The van der Waals surface area contributed by atoms with Crippen LogP contribution in [0.15, 0.2) is 24.3 Å². The van der Waals surface area contributed by atoms with Gasteiger partial charge in [-0.05, 0) is 26.0 Å². The minimum atomic E-state index is 0. The third-order valence-electron chi connectivity index (χ3n) is 2.42. The first-order chi connectivity index (χ1) is 8.06. The number of carbonyl (C=O) groups excluding carboxylic acids is 1. The monoisotopic (exact) mass is 326 g/mol. The highest BCUT2D eigenvalue weighted by molar-refractivity contribution is 8.93. The molecule has 0 saturated carbocycles. The van der Waals surface area contributed by atoms with E-state index in [1.54, 1.807) is 6.92 Å². The Hall–Kier alpha value is -1.20. The first-order valence-electron chi connectivity index (χ1n) is 5.38. The lowest BCUT2D eigenvalue weighted by Gasteiger charge is -2.01. The Balaban J connectivity index is 0.00000162. The second kappa shape index (κ2) is 6.11. The van der Waals surface area contributed by atoms with Crippen LogP contribution in [0.25, 0.3) is 0 Å². The van der Waals surface area contributed by atoms with E-state index in [1.165, 1.54) is 16.9 Å². The maximum absolute atomic E-state index is 11.3. The number of aryl methyl sites for hydroxylation is 2. The van der Waals surface area contributed by atoms with Gasteiger partial charge in [0.05, 0.1) is 10.6 Å². The molecule has 0 aliphatic carbocycles. The SMILES string of the molecule is Br.CC(=O)c1sc(Nc2ccc(C)cc2)nc1C. The predicted molar refractivity (Wildman–Crippen MR) is 81.6 cm³/mol. The van der Waals surface area contributed by atoms with Crippen LogP contribution in [-0.2, 0) is 0 Å². The lowest BCUT2D eigenvalue weighted by Crippen LogP contribution is -1.90. The topological polar surface area (TPSA) is 42.0 Å². The molecular formula is C13H15BrN2OS. The Morgan fingerprint density at radius 1 is 1.22 bits per heavy atom. The predicted octanol–water partition coefficient (Wildman–Crippen LogP) is 4.28. The van der Waals surface area contributed by atoms with Crippen LogP contribution < -0.4 is 5.32 Å². The number of hydrogen-bond donors (Lipinski definition) is 1. The molecule has 0 radical (unpaired) electrons. The normalized spacial score (nSPS) is 9.72. The van der Waals surface area contributed by atoms with Crippen molar-refractivity contribution >= 4 is 44.9 Å². The van der Waals surface area contributed by atoms with E-state index in [1.807, 2.05) is 38.1 Å². The summed E-state index contributed by atoms with van der Waals surface area (Å²) < 4.78 is 0. The maximum atomic E-state index is 11.3. The van der Waals surface area contributed by atoms with Gasteiger partial charge in [-0.15, -0.1) is 17.0 Å². The number of nitrogens with zero attached hydrogens (tertiary/aromatic N) is 1. The van der Waals surface area contributed by atoms with E-state index in [0.717, 1.165) is 21.4 Å². The van der Waals surface area contributed by atoms with E-state index in [0.29, 0.717) is 0 Å². The van der Waals surface area contributed by atoms with Crippen LogP contribution in [0.5, 0.6) is 0 Å². The number of thiazole rings is 1. The molecule has 1 N–H and O–H groups in total. The molecule has 0 unspecified atom stereocenters. The van der Waals surface area contributed by atoms with E-state index in [-0.39, 0.29) is 22.8 Å². The second-order valence-electron chi connectivity index (χ2n) is 3.98. The number of ketones is 1. The van der Waals surface area contributed by atoms with Gasteiger partial charge < -0.3 is 5.32 Å². The zero-order chi connectivity index (χ0) is 12.4. The molecule has 0 amide bonds. The minimum Gasteiger partial charge on any atom is -0.332 e. The third kappa shape index (κ3) is 3.40. The Labute approximate surface area is 121 Å². The summed E-state index contributed by atoms with van der Waals surface area (Å²) in [6, 6.07) is 8.07. The zero-order valence-electron chi connectivity index (χ0n) is 10.5.